The normalized spacial score (nSPS) is 12.0. The number of aromatic nitrogens is 6. The Kier molecular flexibility index (Phi) is 6.24. The van der Waals surface area contributed by atoms with Gasteiger partial charge >= 0.3 is 0 Å². The van der Waals surface area contributed by atoms with Crippen LogP contribution in [-0.4, -0.2) is 28.7 Å². The molecule has 0 aliphatic carbocycles. The number of para-hydroxylation sites is 3. The predicted molar refractivity (Wildman–Crippen MR) is 225 cm³/mol. The molecule has 6 nitrogen and oxygen atoms in total. The summed E-state index contributed by atoms with van der Waals surface area (Å²) in [6, 6.07) is 64.6. The highest BCUT2D eigenvalue weighted by Gasteiger charge is 2.22. The lowest BCUT2D eigenvalue weighted by Gasteiger charge is -2.10. The van der Waals surface area contributed by atoms with Gasteiger partial charge in [0.15, 0.2) is 5.82 Å². The summed E-state index contributed by atoms with van der Waals surface area (Å²) in [6.07, 6.45) is 0. The zero-order valence-electron chi connectivity index (χ0n) is 29.5. The highest BCUT2D eigenvalue weighted by Crippen LogP contribution is 2.43. The van der Waals surface area contributed by atoms with Gasteiger partial charge in [0.2, 0.25) is 0 Å². The predicted octanol–water partition coefficient (Wildman–Crippen LogP) is 12.0. The van der Waals surface area contributed by atoms with Gasteiger partial charge in [0, 0.05) is 49.4 Å². The molecular formula is C49H30N6. The fourth-order valence-corrected chi connectivity index (χ4v) is 8.62. The summed E-state index contributed by atoms with van der Waals surface area (Å²) in [4.78, 5) is 10.0. The number of fused-ring (bicyclic) bond motifs is 11. The van der Waals surface area contributed by atoms with Gasteiger partial charge < -0.3 is 9.13 Å². The van der Waals surface area contributed by atoms with Crippen LogP contribution in [0, 0.1) is 0 Å². The van der Waals surface area contributed by atoms with E-state index in [2.05, 4.69) is 161 Å². The Balaban J connectivity index is 1.09. The van der Waals surface area contributed by atoms with Crippen LogP contribution >= 0.6 is 0 Å². The van der Waals surface area contributed by atoms with Crippen LogP contribution in [0.25, 0.3) is 105 Å². The summed E-state index contributed by atoms with van der Waals surface area (Å²) in [5.74, 6) is 1.21. The second kappa shape index (κ2) is 11.5. The van der Waals surface area contributed by atoms with Crippen LogP contribution in [0.1, 0.15) is 0 Å². The Hall–Kier alpha value is -7.57. The first kappa shape index (κ1) is 29.9. The highest BCUT2D eigenvalue weighted by atomic mass is 15.3. The third-order valence-electron chi connectivity index (χ3n) is 11.1. The standard InChI is InChI=1S/C49H30N6/c1-3-13-31(14-4-1)46-39-20-10-12-22-42(39)55-49(50-46)51-48(52-55)32-23-25-36(26-24-32)54-41-21-11-9-19-37(41)38-27-28-43-45(47(38)54)40-29-33-15-7-8-16-34(33)30-44(40)53(43)35-17-5-2-6-18-35/h1-30H. The molecule has 4 heterocycles. The van der Waals surface area contributed by atoms with E-state index in [9.17, 15) is 0 Å². The number of benzene rings is 8. The molecule has 0 N–H and O–H groups in total. The molecular weight excluding hydrogens is 673 g/mol. The molecule has 0 bridgehead atoms. The van der Waals surface area contributed by atoms with Crippen LogP contribution in [0.5, 0.6) is 0 Å². The van der Waals surface area contributed by atoms with Gasteiger partial charge in [-0.2, -0.15) is 9.50 Å². The van der Waals surface area contributed by atoms with E-state index in [-0.39, 0.29) is 0 Å². The van der Waals surface area contributed by atoms with Crippen molar-refractivity contribution in [3.05, 3.63) is 182 Å². The minimum atomic E-state index is 0.573. The Morgan fingerprint density at radius 3 is 1.84 bits per heavy atom. The van der Waals surface area contributed by atoms with Crippen LogP contribution in [0.4, 0.5) is 0 Å². The molecule has 256 valence electrons. The maximum Gasteiger partial charge on any atom is 0.253 e. The van der Waals surface area contributed by atoms with Gasteiger partial charge in [-0.25, -0.2) is 4.98 Å². The highest BCUT2D eigenvalue weighted by molar-refractivity contribution is 6.27. The zero-order chi connectivity index (χ0) is 36.0. The topological polar surface area (TPSA) is 52.9 Å². The Morgan fingerprint density at radius 1 is 0.382 bits per heavy atom. The lowest BCUT2D eigenvalue weighted by Crippen LogP contribution is -1.97. The summed E-state index contributed by atoms with van der Waals surface area (Å²) < 4.78 is 6.71. The maximum atomic E-state index is 5.03. The SMILES string of the molecule is c1ccc(-c2nc3nc(-c4ccc(-n5c6ccccc6c6ccc7c(c8cc9ccccc9cc8n7-c7ccccc7)c65)cc4)nn3c3ccccc23)cc1. The monoisotopic (exact) mass is 702 g/mol. The quantitative estimate of drug-likeness (QED) is 0.183. The molecule has 0 saturated heterocycles. The van der Waals surface area contributed by atoms with E-state index in [0.29, 0.717) is 11.6 Å². The van der Waals surface area contributed by atoms with Crippen LogP contribution in [-0.2, 0) is 0 Å². The first-order chi connectivity index (χ1) is 27.3. The van der Waals surface area contributed by atoms with E-state index in [4.69, 9.17) is 15.1 Å². The van der Waals surface area contributed by atoms with Gasteiger partial charge in [-0.15, -0.1) is 5.10 Å². The molecule has 6 heteroatoms. The Labute approximate surface area is 314 Å². The third-order valence-corrected chi connectivity index (χ3v) is 11.1. The van der Waals surface area contributed by atoms with E-state index >= 15 is 0 Å². The minimum absolute atomic E-state index is 0.573. The molecule has 0 unspecified atom stereocenters. The van der Waals surface area contributed by atoms with Crippen LogP contribution in [0.15, 0.2) is 182 Å². The van der Waals surface area contributed by atoms with E-state index < -0.39 is 0 Å². The maximum absolute atomic E-state index is 5.03. The molecule has 0 spiro atoms. The molecule has 0 radical (unpaired) electrons. The first-order valence-electron chi connectivity index (χ1n) is 18.5. The largest absolute Gasteiger partial charge is 0.309 e. The van der Waals surface area contributed by atoms with Crippen molar-refractivity contribution in [1.82, 2.24) is 28.7 Å². The number of hydrogen-bond acceptors (Lipinski definition) is 3. The van der Waals surface area contributed by atoms with Crippen molar-refractivity contribution in [2.45, 2.75) is 0 Å². The Bertz CT molecular complexity index is 3470. The lowest BCUT2D eigenvalue weighted by molar-refractivity contribution is 0.988. The molecule has 0 saturated carbocycles. The van der Waals surface area contributed by atoms with E-state index in [1.54, 1.807) is 0 Å². The average molecular weight is 703 g/mol. The molecule has 8 aromatic carbocycles. The van der Waals surface area contributed by atoms with Gasteiger partial charge in [-0.1, -0.05) is 115 Å². The van der Waals surface area contributed by atoms with E-state index in [0.717, 1.165) is 44.6 Å². The summed E-state index contributed by atoms with van der Waals surface area (Å²) in [7, 11) is 0. The van der Waals surface area contributed by atoms with Crippen molar-refractivity contribution < 1.29 is 0 Å². The number of nitrogens with zero attached hydrogens (tertiary/aromatic N) is 6. The van der Waals surface area contributed by atoms with Crippen molar-refractivity contribution in [3.8, 4) is 34.0 Å². The molecule has 0 aliphatic heterocycles. The molecule has 0 amide bonds. The van der Waals surface area contributed by atoms with E-state index in [1.807, 2.05) is 34.8 Å². The molecule has 12 rings (SSSR count). The second-order valence-corrected chi connectivity index (χ2v) is 14.1. The third kappa shape index (κ3) is 4.39. The molecule has 4 aromatic heterocycles. The average Bonchev–Trinajstić information content (AvgIpc) is 3.93. The van der Waals surface area contributed by atoms with Crippen molar-refractivity contribution in [3.63, 3.8) is 0 Å². The molecule has 0 atom stereocenters. The summed E-state index contributed by atoms with van der Waals surface area (Å²) in [6.45, 7) is 0. The molecule has 0 aliphatic rings. The fourth-order valence-electron chi connectivity index (χ4n) is 8.62. The van der Waals surface area contributed by atoms with Gasteiger partial charge in [0.25, 0.3) is 5.78 Å². The van der Waals surface area contributed by atoms with E-state index in [1.165, 1.54) is 48.9 Å². The summed E-state index contributed by atoms with van der Waals surface area (Å²) in [5.41, 5.74) is 10.8. The zero-order valence-corrected chi connectivity index (χ0v) is 29.5. The van der Waals surface area contributed by atoms with Crippen molar-refractivity contribution >= 4 is 71.1 Å². The number of rotatable bonds is 4. The number of hydrogen-bond donors (Lipinski definition) is 0. The van der Waals surface area contributed by atoms with Crippen LogP contribution in [0.2, 0.25) is 0 Å². The van der Waals surface area contributed by atoms with Gasteiger partial charge in [0.1, 0.15) is 0 Å². The Morgan fingerprint density at radius 2 is 1.04 bits per heavy atom. The molecule has 0 fully saturated rings. The van der Waals surface area contributed by atoms with Gasteiger partial charge in [-0.3, -0.25) is 0 Å². The smallest absolute Gasteiger partial charge is 0.253 e. The van der Waals surface area contributed by atoms with Crippen LogP contribution < -0.4 is 0 Å². The molecule has 12 aromatic rings. The summed E-state index contributed by atoms with van der Waals surface area (Å²) >= 11 is 0. The minimum Gasteiger partial charge on any atom is -0.309 e. The van der Waals surface area contributed by atoms with Gasteiger partial charge in [0.05, 0.1) is 33.3 Å². The second-order valence-electron chi connectivity index (χ2n) is 14.1. The van der Waals surface area contributed by atoms with Crippen molar-refractivity contribution in [1.29, 1.82) is 0 Å². The van der Waals surface area contributed by atoms with Gasteiger partial charge in [-0.05, 0) is 77.5 Å². The van der Waals surface area contributed by atoms with Crippen LogP contribution in [0.3, 0.4) is 0 Å². The lowest BCUT2D eigenvalue weighted by atomic mass is 10.0. The first-order valence-corrected chi connectivity index (χ1v) is 18.5. The van der Waals surface area contributed by atoms with Crippen molar-refractivity contribution in [2.75, 3.05) is 0 Å². The van der Waals surface area contributed by atoms with Crippen molar-refractivity contribution in [2.24, 2.45) is 0 Å². The fraction of sp³-hybridized carbons (Fsp3) is 0. The summed E-state index contributed by atoms with van der Waals surface area (Å²) in [5, 5.41) is 13.4. The molecule has 55 heavy (non-hydrogen) atoms.